The molecule has 4 aromatic rings. The molecule has 1 N–H and O–H groups in total. The van der Waals surface area contributed by atoms with Crippen LogP contribution in [0.4, 0.5) is 10.1 Å². The molecular weight excluding hydrogens is 511 g/mol. The van der Waals surface area contributed by atoms with Gasteiger partial charge in [-0.25, -0.2) is 4.39 Å². The third-order valence-corrected chi connectivity index (χ3v) is 7.26. The summed E-state index contributed by atoms with van der Waals surface area (Å²) in [4.78, 5) is 15.4. The fourth-order valence-corrected chi connectivity index (χ4v) is 5.31. The molecule has 0 aliphatic carbocycles. The highest BCUT2D eigenvalue weighted by atomic mass is 19.1. The quantitative estimate of drug-likeness (QED) is 0.249. The van der Waals surface area contributed by atoms with E-state index in [0.29, 0.717) is 52.9 Å². The monoisotopic (exact) mass is 554 g/mol. The third kappa shape index (κ3) is 6.68. The van der Waals surface area contributed by atoms with Crippen LogP contribution in [0.5, 0.6) is 0 Å². The summed E-state index contributed by atoms with van der Waals surface area (Å²) in [5, 5.41) is 9.94. The van der Waals surface area contributed by atoms with Crippen molar-refractivity contribution in [3.05, 3.63) is 113 Å². The summed E-state index contributed by atoms with van der Waals surface area (Å²) in [7, 11) is 0. The summed E-state index contributed by atoms with van der Waals surface area (Å²) in [6.07, 6.45) is 4.26. The number of pyridine rings is 1. The minimum Gasteiger partial charge on any atom is -0.396 e. The van der Waals surface area contributed by atoms with Crippen molar-refractivity contribution in [2.75, 3.05) is 24.6 Å². The number of rotatable bonds is 7. The Balaban J connectivity index is 0.00000111. The molecule has 1 aliphatic rings. The highest BCUT2D eigenvalue weighted by molar-refractivity contribution is 5.95. The number of allylic oxidation sites excluding steroid dienone is 1. The lowest BCUT2D eigenvalue weighted by molar-refractivity contribution is 0.238. The Hall–Kier alpha value is -3.96. The van der Waals surface area contributed by atoms with Crippen LogP contribution in [-0.2, 0) is 6.54 Å². The van der Waals surface area contributed by atoms with Crippen LogP contribution in [0.25, 0.3) is 33.7 Å². The van der Waals surface area contributed by atoms with E-state index in [2.05, 4.69) is 49.6 Å². The molecule has 0 bridgehead atoms. The van der Waals surface area contributed by atoms with Crippen molar-refractivity contribution in [3.63, 3.8) is 0 Å². The largest absolute Gasteiger partial charge is 0.396 e. The summed E-state index contributed by atoms with van der Waals surface area (Å²) in [6.45, 7) is 19.6. The van der Waals surface area contributed by atoms with Gasteiger partial charge in [0.15, 0.2) is 5.43 Å². The molecule has 5 heteroatoms. The van der Waals surface area contributed by atoms with Gasteiger partial charge in [-0.1, -0.05) is 102 Å². The second-order valence-corrected chi connectivity index (χ2v) is 9.85. The van der Waals surface area contributed by atoms with Gasteiger partial charge in [0.1, 0.15) is 5.82 Å². The Morgan fingerprint density at radius 1 is 1.05 bits per heavy atom. The van der Waals surface area contributed by atoms with E-state index in [9.17, 15) is 9.90 Å². The standard InChI is InChI=1S/C32H31FN2O2.2C2H6/c1-4-26-30-27(16-29(33)31(26)34-15-14-23(18-34)20-36)32(37)28(21(2)3)19-35(30)17-22-10-12-25(13-11-22)24-8-6-5-7-9-24;2*1-2/h4-13,16,19,23,36H,1-2,14-15,17-18,20H2,3H3;2*1-2H3. The lowest BCUT2D eigenvalue weighted by Crippen LogP contribution is -2.24. The number of hydrogen-bond acceptors (Lipinski definition) is 3. The first-order valence-corrected chi connectivity index (χ1v) is 14.6. The third-order valence-electron chi connectivity index (χ3n) is 7.26. The molecule has 216 valence electrons. The maximum Gasteiger partial charge on any atom is 0.196 e. The summed E-state index contributed by atoms with van der Waals surface area (Å²) < 4.78 is 17.6. The Morgan fingerprint density at radius 2 is 1.68 bits per heavy atom. The van der Waals surface area contributed by atoms with Crippen molar-refractivity contribution >= 4 is 28.2 Å². The van der Waals surface area contributed by atoms with Crippen molar-refractivity contribution in [2.45, 2.75) is 47.6 Å². The predicted octanol–water partition coefficient (Wildman–Crippen LogP) is 8.40. The highest BCUT2D eigenvalue weighted by Gasteiger charge is 2.28. The topological polar surface area (TPSA) is 45.5 Å². The number of fused-ring (bicyclic) bond motifs is 1. The Labute approximate surface area is 244 Å². The van der Waals surface area contributed by atoms with E-state index < -0.39 is 5.82 Å². The van der Waals surface area contributed by atoms with Crippen LogP contribution in [-0.4, -0.2) is 29.4 Å². The molecule has 0 amide bonds. The number of anilines is 1. The first-order valence-electron chi connectivity index (χ1n) is 14.6. The van der Waals surface area contributed by atoms with Gasteiger partial charge in [0.2, 0.25) is 0 Å². The van der Waals surface area contributed by atoms with Crippen molar-refractivity contribution in [2.24, 2.45) is 5.92 Å². The Bertz CT molecular complexity index is 1540. The molecule has 4 nitrogen and oxygen atoms in total. The molecule has 0 saturated carbocycles. The first kappa shape index (κ1) is 31.6. The molecule has 1 saturated heterocycles. The Morgan fingerprint density at radius 3 is 2.24 bits per heavy atom. The van der Waals surface area contributed by atoms with E-state index in [1.54, 1.807) is 13.0 Å². The maximum absolute atomic E-state index is 15.6. The molecule has 1 aliphatic heterocycles. The van der Waals surface area contributed by atoms with Crippen molar-refractivity contribution < 1.29 is 9.50 Å². The molecule has 1 unspecified atom stereocenters. The number of nitrogens with zero attached hydrogens (tertiary/aromatic N) is 2. The predicted molar refractivity (Wildman–Crippen MR) is 174 cm³/mol. The van der Waals surface area contributed by atoms with Gasteiger partial charge in [0, 0.05) is 54.9 Å². The van der Waals surface area contributed by atoms with E-state index >= 15 is 4.39 Å². The van der Waals surface area contributed by atoms with Crippen LogP contribution in [0.3, 0.4) is 0 Å². The van der Waals surface area contributed by atoms with Gasteiger partial charge in [0.25, 0.3) is 0 Å². The molecule has 5 rings (SSSR count). The smallest absolute Gasteiger partial charge is 0.196 e. The fourth-order valence-electron chi connectivity index (χ4n) is 5.31. The average molecular weight is 555 g/mol. The van der Waals surface area contributed by atoms with Gasteiger partial charge in [-0.15, -0.1) is 0 Å². The van der Waals surface area contributed by atoms with Crippen molar-refractivity contribution in [1.82, 2.24) is 4.57 Å². The van der Waals surface area contributed by atoms with Crippen LogP contribution < -0.4 is 10.3 Å². The minimum absolute atomic E-state index is 0.0702. The lowest BCUT2D eigenvalue weighted by Gasteiger charge is -2.25. The van der Waals surface area contributed by atoms with E-state index in [1.165, 1.54) is 6.07 Å². The van der Waals surface area contributed by atoms with E-state index in [0.717, 1.165) is 23.1 Å². The molecule has 0 radical (unpaired) electrons. The van der Waals surface area contributed by atoms with Crippen LogP contribution in [0.15, 0.2) is 84.8 Å². The minimum atomic E-state index is -0.448. The van der Waals surface area contributed by atoms with E-state index in [-0.39, 0.29) is 18.0 Å². The maximum atomic E-state index is 15.6. The van der Waals surface area contributed by atoms with Gasteiger partial charge >= 0.3 is 0 Å². The van der Waals surface area contributed by atoms with Gasteiger partial charge in [-0.05, 0) is 41.7 Å². The van der Waals surface area contributed by atoms with Crippen molar-refractivity contribution in [3.8, 4) is 11.1 Å². The molecular formula is C36H43FN2O2. The first-order chi connectivity index (χ1) is 19.9. The molecule has 3 aromatic carbocycles. The highest BCUT2D eigenvalue weighted by Crippen LogP contribution is 2.36. The SMILES string of the molecule is C=Cc1c(N2CCC(CO)C2)c(F)cc2c(=O)c(C(=C)C)cn(Cc3ccc(-c4ccccc4)cc3)c12.CC.CC. The van der Waals surface area contributed by atoms with Crippen LogP contribution in [0.1, 0.15) is 57.7 Å². The number of hydrogen-bond donors (Lipinski definition) is 1. The Kier molecular flexibility index (Phi) is 11.2. The average Bonchev–Trinajstić information content (AvgIpc) is 3.49. The zero-order valence-electron chi connectivity index (χ0n) is 25.1. The molecule has 1 atom stereocenters. The number of aromatic nitrogens is 1. The number of halogens is 1. The lowest BCUT2D eigenvalue weighted by atomic mass is 10.00. The molecule has 1 fully saturated rings. The second kappa shape index (κ2) is 14.6. The zero-order valence-corrected chi connectivity index (χ0v) is 25.1. The van der Waals surface area contributed by atoms with Gasteiger partial charge in [-0.3, -0.25) is 4.79 Å². The van der Waals surface area contributed by atoms with Crippen LogP contribution in [0.2, 0.25) is 0 Å². The summed E-state index contributed by atoms with van der Waals surface area (Å²) >= 11 is 0. The second-order valence-electron chi connectivity index (χ2n) is 9.85. The number of aliphatic hydroxyl groups excluding tert-OH is 1. The summed E-state index contributed by atoms with van der Waals surface area (Å²) in [6, 6.07) is 19.9. The number of benzene rings is 3. The van der Waals surface area contributed by atoms with Gasteiger partial charge < -0.3 is 14.6 Å². The number of aliphatic hydroxyl groups is 1. The molecule has 1 aromatic heterocycles. The van der Waals surface area contributed by atoms with Crippen LogP contribution in [0, 0.1) is 11.7 Å². The van der Waals surface area contributed by atoms with E-state index in [4.69, 9.17) is 0 Å². The molecule has 2 heterocycles. The zero-order chi connectivity index (χ0) is 30.1. The van der Waals surface area contributed by atoms with Crippen LogP contribution >= 0.6 is 0 Å². The summed E-state index contributed by atoms with van der Waals surface area (Å²) in [5.41, 5.74) is 5.89. The van der Waals surface area contributed by atoms with Gasteiger partial charge in [0.05, 0.1) is 11.2 Å². The molecule has 41 heavy (non-hydrogen) atoms. The van der Waals surface area contributed by atoms with Crippen molar-refractivity contribution in [1.29, 1.82) is 0 Å². The normalized spacial score (nSPS) is 14.1. The summed E-state index contributed by atoms with van der Waals surface area (Å²) in [5.74, 6) is -0.348. The fraction of sp³-hybridized carbons (Fsp3) is 0.306. The molecule has 0 spiro atoms. The van der Waals surface area contributed by atoms with E-state index in [1.807, 2.05) is 61.6 Å². The van der Waals surface area contributed by atoms with Gasteiger partial charge in [-0.2, -0.15) is 0 Å².